The van der Waals surface area contributed by atoms with E-state index in [9.17, 15) is 9.90 Å². The molecule has 2 atom stereocenters. The van der Waals surface area contributed by atoms with Gasteiger partial charge in [-0.05, 0) is 11.6 Å². The first-order chi connectivity index (χ1) is 6.54. The number of hydrogen-bond donors (Lipinski definition) is 2. The van der Waals surface area contributed by atoms with Crippen molar-refractivity contribution >= 4 is 17.6 Å². The molecule has 2 unspecified atom stereocenters. The molecule has 0 saturated heterocycles. The third-order valence-corrected chi connectivity index (χ3v) is 2.47. The van der Waals surface area contributed by atoms with Crippen molar-refractivity contribution < 1.29 is 15.0 Å². The average molecular weight is 215 g/mol. The molecule has 14 heavy (non-hydrogen) atoms. The molecule has 0 saturated carbocycles. The minimum atomic E-state index is -1.42. The van der Waals surface area contributed by atoms with Crippen LogP contribution in [0.25, 0.3) is 0 Å². The number of hydrogen-bond acceptors (Lipinski definition) is 2. The summed E-state index contributed by atoms with van der Waals surface area (Å²) < 4.78 is 0. The minimum Gasteiger partial charge on any atom is -0.479 e. The molecule has 0 aliphatic rings. The summed E-state index contributed by atoms with van der Waals surface area (Å²) in [5.74, 6) is -1.75. The first kappa shape index (κ1) is 11.0. The average Bonchev–Trinajstić information content (AvgIpc) is 2.16. The van der Waals surface area contributed by atoms with E-state index in [0.717, 1.165) is 0 Å². The Morgan fingerprint density at radius 2 is 2.00 bits per heavy atom. The quantitative estimate of drug-likeness (QED) is 0.808. The van der Waals surface area contributed by atoms with Gasteiger partial charge in [-0.15, -0.1) is 0 Å². The Kier molecular flexibility index (Phi) is 3.49. The van der Waals surface area contributed by atoms with Crippen LogP contribution in [-0.2, 0) is 4.79 Å². The fourth-order valence-electron chi connectivity index (χ4n) is 1.23. The molecule has 1 aromatic rings. The summed E-state index contributed by atoms with van der Waals surface area (Å²) in [6.07, 6.45) is -1.42. The molecular formula is C10H11ClO3. The molecule has 0 fully saturated rings. The molecular weight excluding hydrogens is 204 g/mol. The van der Waals surface area contributed by atoms with Gasteiger partial charge in [0, 0.05) is 10.9 Å². The minimum absolute atomic E-state index is 0.473. The third-order valence-electron chi connectivity index (χ3n) is 2.12. The number of aliphatic hydroxyl groups excluding tert-OH is 1. The van der Waals surface area contributed by atoms with E-state index in [2.05, 4.69) is 0 Å². The molecule has 0 aliphatic heterocycles. The maximum absolute atomic E-state index is 10.5. The molecule has 0 amide bonds. The van der Waals surface area contributed by atoms with Gasteiger partial charge in [0.25, 0.3) is 0 Å². The predicted octanol–water partition coefficient (Wildman–Crippen LogP) is 1.89. The molecule has 0 aliphatic carbocycles. The van der Waals surface area contributed by atoms with Gasteiger partial charge in [0.2, 0.25) is 0 Å². The maximum Gasteiger partial charge on any atom is 0.333 e. The third kappa shape index (κ3) is 2.25. The Hall–Kier alpha value is -1.06. The monoisotopic (exact) mass is 214 g/mol. The van der Waals surface area contributed by atoms with Crippen LogP contribution in [0.4, 0.5) is 0 Å². The Balaban J connectivity index is 2.94. The van der Waals surface area contributed by atoms with Crippen molar-refractivity contribution in [2.24, 2.45) is 0 Å². The standard InChI is InChI=1S/C10H11ClO3/c1-6(9(12)10(13)14)7-4-2-3-5-8(7)11/h2-6,9,12H,1H3,(H,13,14). The lowest BCUT2D eigenvalue weighted by atomic mass is 9.95. The highest BCUT2D eigenvalue weighted by molar-refractivity contribution is 6.31. The molecule has 0 radical (unpaired) electrons. The normalized spacial score (nSPS) is 14.8. The number of benzene rings is 1. The highest BCUT2D eigenvalue weighted by atomic mass is 35.5. The summed E-state index contributed by atoms with van der Waals surface area (Å²) in [4.78, 5) is 10.5. The SMILES string of the molecule is CC(c1ccccc1Cl)C(O)C(=O)O. The van der Waals surface area contributed by atoms with Crippen molar-refractivity contribution in [1.82, 2.24) is 0 Å². The van der Waals surface area contributed by atoms with Gasteiger partial charge < -0.3 is 10.2 Å². The van der Waals surface area contributed by atoms with E-state index in [0.29, 0.717) is 10.6 Å². The van der Waals surface area contributed by atoms with E-state index in [1.165, 1.54) is 0 Å². The number of aliphatic hydroxyl groups is 1. The molecule has 76 valence electrons. The van der Waals surface area contributed by atoms with Crippen LogP contribution in [0.5, 0.6) is 0 Å². The highest BCUT2D eigenvalue weighted by Crippen LogP contribution is 2.26. The van der Waals surface area contributed by atoms with Gasteiger partial charge >= 0.3 is 5.97 Å². The van der Waals surface area contributed by atoms with E-state index < -0.39 is 18.0 Å². The Labute approximate surface area is 86.9 Å². The Bertz CT molecular complexity index is 338. The van der Waals surface area contributed by atoms with Gasteiger partial charge in [-0.25, -0.2) is 4.79 Å². The molecule has 3 nitrogen and oxygen atoms in total. The smallest absolute Gasteiger partial charge is 0.333 e. The summed E-state index contributed by atoms with van der Waals surface area (Å²) >= 11 is 5.86. The lowest BCUT2D eigenvalue weighted by Crippen LogP contribution is -2.25. The van der Waals surface area contributed by atoms with Gasteiger partial charge in [0.05, 0.1) is 0 Å². The Morgan fingerprint density at radius 1 is 1.43 bits per heavy atom. The van der Waals surface area contributed by atoms with Crippen LogP contribution < -0.4 is 0 Å². The maximum atomic E-state index is 10.5. The van der Waals surface area contributed by atoms with Gasteiger partial charge in [-0.3, -0.25) is 0 Å². The number of aliphatic carboxylic acids is 1. The molecule has 4 heteroatoms. The summed E-state index contributed by atoms with van der Waals surface area (Å²) in [7, 11) is 0. The van der Waals surface area contributed by atoms with Crippen molar-refractivity contribution in [1.29, 1.82) is 0 Å². The zero-order valence-electron chi connectivity index (χ0n) is 7.64. The predicted molar refractivity (Wildman–Crippen MR) is 53.5 cm³/mol. The van der Waals surface area contributed by atoms with Crippen LogP contribution in [-0.4, -0.2) is 22.3 Å². The number of carbonyl (C=O) groups is 1. The van der Waals surface area contributed by atoms with Crippen LogP contribution in [0.3, 0.4) is 0 Å². The zero-order valence-corrected chi connectivity index (χ0v) is 8.40. The molecule has 0 bridgehead atoms. The largest absolute Gasteiger partial charge is 0.479 e. The summed E-state index contributed by atoms with van der Waals surface area (Å²) in [5, 5.41) is 18.4. The molecule has 1 rings (SSSR count). The van der Waals surface area contributed by atoms with Crippen LogP contribution in [0.1, 0.15) is 18.4 Å². The van der Waals surface area contributed by atoms with Crippen molar-refractivity contribution in [2.45, 2.75) is 18.9 Å². The second-order valence-corrected chi connectivity index (χ2v) is 3.50. The van der Waals surface area contributed by atoms with Crippen molar-refractivity contribution in [3.63, 3.8) is 0 Å². The Morgan fingerprint density at radius 3 is 2.50 bits per heavy atom. The fraction of sp³-hybridized carbons (Fsp3) is 0.300. The zero-order chi connectivity index (χ0) is 10.7. The summed E-state index contributed by atoms with van der Waals surface area (Å²) in [6, 6.07) is 6.89. The molecule has 0 heterocycles. The molecule has 0 spiro atoms. The first-order valence-electron chi connectivity index (χ1n) is 4.19. The van der Waals surface area contributed by atoms with E-state index in [-0.39, 0.29) is 0 Å². The van der Waals surface area contributed by atoms with Crippen molar-refractivity contribution in [3.8, 4) is 0 Å². The second-order valence-electron chi connectivity index (χ2n) is 3.09. The van der Waals surface area contributed by atoms with Crippen LogP contribution in [0, 0.1) is 0 Å². The lowest BCUT2D eigenvalue weighted by Gasteiger charge is -2.16. The number of rotatable bonds is 3. The topological polar surface area (TPSA) is 57.5 Å². The lowest BCUT2D eigenvalue weighted by molar-refractivity contribution is -0.147. The van der Waals surface area contributed by atoms with Gasteiger partial charge in [0.15, 0.2) is 6.10 Å². The fourth-order valence-corrected chi connectivity index (χ4v) is 1.54. The molecule has 1 aromatic carbocycles. The number of carboxylic acids is 1. The van der Waals surface area contributed by atoms with Gasteiger partial charge in [-0.2, -0.15) is 0 Å². The highest BCUT2D eigenvalue weighted by Gasteiger charge is 2.24. The van der Waals surface area contributed by atoms with Gasteiger partial charge in [0.1, 0.15) is 0 Å². The second kappa shape index (κ2) is 4.44. The van der Waals surface area contributed by atoms with E-state index >= 15 is 0 Å². The van der Waals surface area contributed by atoms with Crippen LogP contribution in [0.15, 0.2) is 24.3 Å². The summed E-state index contributed by atoms with van der Waals surface area (Å²) in [5.41, 5.74) is 0.643. The molecule has 2 N–H and O–H groups in total. The molecule has 0 aromatic heterocycles. The number of carboxylic acid groups (broad SMARTS) is 1. The van der Waals surface area contributed by atoms with Gasteiger partial charge in [-0.1, -0.05) is 36.7 Å². The van der Waals surface area contributed by atoms with Crippen molar-refractivity contribution in [3.05, 3.63) is 34.9 Å². The number of halogens is 1. The van der Waals surface area contributed by atoms with E-state index in [1.54, 1.807) is 31.2 Å². The first-order valence-corrected chi connectivity index (χ1v) is 4.57. The van der Waals surface area contributed by atoms with Crippen LogP contribution >= 0.6 is 11.6 Å². The van der Waals surface area contributed by atoms with E-state index in [4.69, 9.17) is 16.7 Å². The van der Waals surface area contributed by atoms with Crippen molar-refractivity contribution in [2.75, 3.05) is 0 Å². The van der Waals surface area contributed by atoms with Crippen LogP contribution in [0.2, 0.25) is 5.02 Å². The van der Waals surface area contributed by atoms with E-state index in [1.807, 2.05) is 0 Å². The summed E-state index contributed by atoms with van der Waals surface area (Å²) in [6.45, 7) is 1.62.